The molecule has 0 aliphatic heterocycles. The molecule has 0 spiro atoms. The summed E-state index contributed by atoms with van der Waals surface area (Å²) in [5.41, 5.74) is 0. The highest BCUT2D eigenvalue weighted by atomic mass is 32.2. The van der Waals surface area contributed by atoms with Crippen molar-refractivity contribution in [3.8, 4) is 0 Å². The number of furan rings is 1. The molecule has 70 valence electrons. The first-order valence-electron chi connectivity index (χ1n) is 3.51. The number of ether oxygens (including phenoxy) is 1. The lowest BCUT2D eigenvalue weighted by atomic mass is 10.5. The molecule has 0 aromatic carbocycles. The fraction of sp³-hybridized carbons (Fsp3) is 0.250. The van der Waals surface area contributed by atoms with E-state index < -0.39 is 0 Å². The van der Waals surface area contributed by atoms with Gasteiger partial charge in [0.15, 0.2) is 17.1 Å². The summed E-state index contributed by atoms with van der Waals surface area (Å²) in [5, 5.41) is 0.535. The summed E-state index contributed by atoms with van der Waals surface area (Å²) in [5.74, 6) is 0.115. The highest BCUT2D eigenvalue weighted by Gasteiger charge is 2.05. The van der Waals surface area contributed by atoms with Crippen molar-refractivity contribution in [3.63, 3.8) is 0 Å². The van der Waals surface area contributed by atoms with Crippen molar-refractivity contribution < 1.29 is 18.7 Å². The van der Waals surface area contributed by atoms with E-state index in [4.69, 9.17) is 4.42 Å². The number of carbonyl (C=O) groups excluding carboxylic acids is 2. The lowest BCUT2D eigenvalue weighted by molar-refractivity contribution is -0.137. The zero-order valence-corrected chi connectivity index (χ0v) is 7.80. The van der Waals surface area contributed by atoms with Crippen LogP contribution in [0.5, 0.6) is 0 Å². The van der Waals surface area contributed by atoms with Gasteiger partial charge in [0.25, 0.3) is 0 Å². The van der Waals surface area contributed by atoms with Crippen molar-refractivity contribution in [2.45, 2.75) is 5.09 Å². The van der Waals surface area contributed by atoms with Gasteiger partial charge in [-0.2, -0.15) is 0 Å². The molecular weight excluding hydrogens is 192 g/mol. The quantitative estimate of drug-likeness (QED) is 0.417. The van der Waals surface area contributed by atoms with Crippen molar-refractivity contribution in [2.75, 3.05) is 12.9 Å². The minimum Gasteiger partial charge on any atom is -0.468 e. The number of esters is 1. The molecule has 1 heterocycles. The summed E-state index contributed by atoms with van der Waals surface area (Å²) >= 11 is 1.19. The van der Waals surface area contributed by atoms with Gasteiger partial charge in [-0.25, -0.2) is 0 Å². The van der Waals surface area contributed by atoms with Gasteiger partial charge in [-0.15, -0.1) is 0 Å². The second-order valence-electron chi connectivity index (χ2n) is 2.14. The zero-order valence-electron chi connectivity index (χ0n) is 6.98. The van der Waals surface area contributed by atoms with Crippen LogP contribution in [0.15, 0.2) is 21.6 Å². The Morgan fingerprint density at radius 2 is 2.46 bits per heavy atom. The van der Waals surface area contributed by atoms with E-state index in [1.54, 1.807) is 12.1 Å². The monoisotopic (exact) mass is 200 g/mol. The van der Waals surface area contributed by atoms with Gasteiger partial charge in [-0.3, -0.25) is 9.59 Å². The summed E-state index contributed by atoms with van der Waals surface area (Å²) in [6.07, 6.45) is 0.613. The molecule has 0 atom stereocenters. The van der Waals surface area contributed by atoms with Crippen LogP contribution in [0.2, 0.25) is 0 Å². The molecule has 0 aliphatic rings. The molecule has 0 radical (unpaired) electrons. The van der Waals surface area contributed by atoms with E-state index >= 15 is 0 Å². The van der Waals surface area contributed by atoms with Crippen LogP contribution in [0.3, 0.4) is 0 Å². The number of rotatable bonds is 4. The van der Waals surface area contributed by atoms with Crippen LogP contribution in [0.4, 0.5) is 0 Å². The summed E-state index contributed by atoms with van der Waals surface area (Å²) in [4.78, 5) is 20.9. The second-order valence-corrected chi connectivity index (χ2v) is 3.12. The molecule has 5 heteroatoms. The van der Waals surface area contributed by atoms with Gasteiger partial charge in [0.2, 0.25) is 0 Å². The van der Waals surface area contributed by atoms with Gasteiger partial charge in [-0.1, -0.05) is 11.8 Å². The van der Waals surface area contributed by atoms with Gasteiger partial charge in [0.1, 0.15) is 0 Å². The zero-order chi connectivity index (χ0) is 9.68. The van der Waals surface area contributed by atoms with Crippen LogP contribution in [-0.2, 0) is 9.53 Å². The lowest BCUT2D eigenvalue weighted by Crippen LogP contribution is -2.02. The molecule has 13 heavy (non-hydrogen) atoms. The van der Waals surface area contributed by atoms with E-state index in [-0.39, 0.29) is 17.5 Å². The van der Waals surface area contributed by atoms with Crippen molar-refractivity contribution >= 4 is 24.0 Å². The first-order chi connectivity index (χ1) is 6.26. The lowest BCUT2D eigenvalue weighted by Gasteiger charge is -1.95. The predicted octanol–water partition coefficient (Wildman–Crippen LogP) is 1.36. The molecule has 0 fully saturated rings. The van der Waals surface area contributed by atoms with E-state index in [0.29, 0.717) is 11.4 Å². The van der Waals surface area contributed by atoms with Crippen molar-refractivity contribution in [3.05, 3.63) is 17.9 Å². The van der Waals surface area contributed by atoms with Gasteiger partial charge >= 0.3 is 5.97 Å². The molecule has 0 saturated carbocycles. The third-order valence-corrected chi connectivity index (χ3v) is 2.16. The number of aldehydes is 1. The third kappa shape index (κ3) is 2.95. The Morgan fingerprint density at radius 1 is 1.69 bits per heavy atom. The highest BCUT2D eigenvalue weighted by Crippen LogP contribution is 2.19. The number of thioether (sulfide) groups is 1. The molecule has 0 amide bonds. The smallest absolute Gasteiger partial charge is 0.316 e. The molecule has 0 bridgehead atoms. The Balaban J connectivity index is 2.45. The average molecular weight is 200 g/mol. The highest BCUT2D eigenvalue weighted by molar-refractivity contribution is 7.99. The van der Waals surface area contributed by atoms with E-state index in [1.165, 1.54) is 18.9 Å². The molecule has 1 rings (SSSR count). The molecular formula is C8H8O4S. The third-order valence-electron chi connectivity index (χ3n) is 1.28. The number of hydrogen-bond donors (Lipinski definition) is 0. The van der Waals surface area contributed by atoms with Gasteiger partial charge in [0, 0.05) is 0 Å². The van der Waals surface area contributed by atoms with Crippen LogP contribution in [0, 0.1) is 0 Å². The first kappa shape index (κ1) is 9.85. The molecule has 0 N–H and O–H groups in total. The first-order valence-corrected chi connectivity index (χ1v) is 4.49. The van der Waals surface area contributed by atoms with Gasteiger partial charge in [-0.05, 0) is 12.1 Å². The second kappa shape index (κ2) is 4.71. The van der Waals surface area contributed by atoms with Crippen LogP contribution in [0.1, 0.15) is 10.6 Å². The summed E-state index contributed by atoms with van der Waals surface area (Å²) < 4.78 is 9.45. The Hall–Kier alpha value is -1.23. The van der Waals surface area contributed by atoms with E-state index in [9.17, 15) is 9.59 Å². The van der Waals surface area contributed by atoms with Crippen LogP contribution < -0.4 is 0 Å². The maximum absolute atomic E-state index is 10.7. The minimum absolute atomic E-state index is 0.183. The maximum atomic E-state index is 10.7. The molecule has 0 aliphatic carbocycles. The van der Waals surface area contributed by atoms with E-state index in [0.717, 1.165) is 0 Å². The minimum atomic E-state index is -0.325. The Labute approximate surface area is 79.2 Å². The van der Waals surface area contributed by atoms with Crippen LogP contribution >= 0.6 is 11.8 Å². The van der Waals surface area contributed by atoms with Gasteiger partial charge < -0.3 is 9.15 Å². The van der Waals surface area contributed by atoms with Crippen LogP contribution in [0.25, 0.3) is 0 Å². The molecule has 1 aromatic rings. The fourth-order valence-electron chi connectivity index (χ4n) is 0.664. The summed E-state index contributed by atoms with van der Waals surface area (Å²) in [6.45, 7) is 0. The average Bonchev–Trinajstić information content (AvgIpc) is 2.61. The summed E-state index contributed by atoms with van der Waals surface area (Å²) in [6, 6.07) is 3.18. The Bertz CT molecular complexity index is 305. The fourth-order valence-corrected chi connectivity index (χ4v) is 1.36. The van der Waals surface area contributed by atoms with Crippen LogP contribution in [-0.4, -0.2) is 25.1 Å². The maximum Gasteiger partial charge on any atom is 0.316 e. The van der Waals surface area contributed by atoms with Crippen molar-refractivity contribution in [1.82, 2.24) is 0 Å². The molecule has 4 nitrogen and oxygen atoms in total. The number of carbonyl (C=O) groups is 2. The normalized spacial score (nSPS) is 9.62. The van der Waals surface area contributed by atoms with Gasteiger partial charge in [0.05, 0.1) is 12.9 Å². The van der Waals surface area contributed by atoms with Crippen molar-refractivity contribution in [2.24, 2.45) is 0 Å². The van der Waals surface area contributed by atoms with E-state index in [1.807, 2.05) is 0 Å². The molecule has 1 aromatic heterocycles. The standard InChI is InChI=1S/C8H8O4S/c1-11-7(10)5-13-8-3-2-6(4-9)12-8/h2-4H,5H2,1H3. The molecule has 0 unspecified atom stereocenters. The number of methoxy groups -OCH3 is 1. The van der Waals surface area contributed by atoms with E-state index in [2.05, 4.69) is 4.74 Å². The molecule has 0 saturated heterocycles. The summed E-state index contributed by atoms with van der Waals surface area (Å²) in [7, 11) is 1.32. The number of hydrogen-bond acceptors (Lipinski definition) is 5. The predicted molar refractivity (Wildman–Crippen MR) is 46.8 cm³/mol. The Kier molecular flexibility index (Phi) is 3.57. The SMILES string of the molecule is COC(=O)CSc1ccc(C=O)o1. The van der Waals surface area contributed by atoms with Crippen molar-refractivity contribution in [1.29, 1.82) is 0 Å². The Morgan fingerprint density at radius 3 is 3.00 bits per heavy atom. The largest absolute Gasteiger partial charge is 0.468 e. The topological polar surface area (TPSA) is 56.5 Å².